The van der Waals surface area contributed by atoms with E-state index >= 15 is 0 Å². The van der Waals surface area contributed by atoms with Gasteiger partial charge in [0.1, 0.15) is 28.1 Å². The first kappa shape index (κ1) is 21.4. The minimum atomic E-state index is -3.72. The van der Waals surface area contributed by atoms with E-state index in [-0.39, 0.29) is 36.7 Å². The van der Waals surface area contributed by atoms with E-state index in [1.807, 2.05) is 4.72 Å². The highest BCUT2D eigenvalue weighted by Gasteiger charge is 2.37. The first-order valence-electron chi connectivity index (χ1n) is 9.12. The molecule has 1 fully saturated rings. The van der Waals surface area contributed by atoms with Gasteiger partial charge in [0.05, 0.1) is 26.7 Å². The molecule has 0 saturated carbocycles. The van der Waals surface area contributed by atoms with Crippen LogP contribution in [0.5, 0.6) is 17.2 Å². The summed E-state index contributed by atoms with van der Waals surface area (Å²) in [6.07, 6.45) is 0.342. The molecule has 2 aromatic rings. The van der Waals surface area contributed by atoms with Crippen LogP contribution in [0.25, 0.3) is 0 Å². The highest BCUT2D eigenvalue weighted by Crippen LogP contribution is 2.32. The number of benzene rings is 2. The minimum Gasteiger partial charge on any atom is -0.507 e. The zero-order valence-corrected chi connectivity index (χ0v) is 17.0. The number of hydrogen-bond donors (Lipinski definition) is 2. The predicted octanol–water partition coefficient (Wildman–Crippen LogP) is 1.92. The van der Waals surface area contributed by atoms with Gasteiger partial charge in [0.25, 0.3) is 0 Å². The molecule has 3 rings (SSSR count). The van der Waals surface area contributed by atoms with Gasteiger partial charge >= 0.3 is 5.97 Å². The quantitative estimate of drug-likeness (QED) is 0.475. The molecule has 1 aliphatic heterocycles. The predicted molar refractivity (Wildman–Crippen MR) is 106 cm³/mol. The SMILES string of the molecule is COC(=O)c1c(O)cccc1OCCCOc1cccc(C2CC(=O)NS2(=O)=O)c1. The summed E-state index contributed by atoms with van der Waals surface area (Å²) >= 11 is 0. The molecule has 10 heteroatoms. The van der Waals surface area contributed by atoms with Gasteiger partial charge in [-0.05, 0) is 29.8 Å². The maximum Gasteiger partial charge on any atom is 0.345 e. The van der Waals surface area contributed by atoms with Crippen LogP contribution < -0.4 is 14.2 Å². The van der Waals surface area contributed by atoms with Crippen molar-refractivity contribution < 1.29 is 37.3 Å². The second kappa shape index (κ2) is 9.04. The molecular formula is C20H21NO8S. The summed E-state index contributed by atoms with van der Waals surface area (Å²) in [7, 11) is -2.50. The molecule has 0 aliphatic carbocycles. The summed E-state index contributed by atoms with van der Waals surface area (Å²) in [6, 6.07) is 11.0. The Hall–Kier alpha value is -3.27. The fourth-order valence-corrected chi connectivity index (χ4v) is 4.45. The van der Waals surface area contributed by atoms with Crippen LogP contribution in [0.2, 0.25) is 0 Å². The Morgan fingerprint density at radius 3 is 2.60 bits per heavy atom. The number of phenols is 1. The molecule has 9 nitrogen and oxygen atoms in total. The van der Waals surface area contributed by atoms with Gasteiger partial charge in [-0.15, -0.1) is 0 Å². The Labute approximate surface area is 173 Å². The average molecular weight is 435 g/mol. The maximum atomic E-state index is 12.0. The maximum absolute atomic E-state index is 12.0. The van der Waals surface area contributed by atoms with Gasteiger partial charge in [-0.25, -0.2) is 13.2 Å². The molecule has 1 heterocycles. The highest BCUT2D eigenvalue weighted by atomic mass is 32.2. The number of nitrogens with one attached hydrogen (secondary N) is 1. The number of aromatic hydroxyl groups is 1. The van der Waals surface area contributed by atoms with Gasteiger partial charge in [-0.1, -0.05) is 18.2 Å². The third kappa shape index (κ3) is 4.82. The molecule has 0 bridgehead atoms. The first-order valence-corrected chi connectivity index (χ1v) is 10.7. The third-order valence-corrected chi connectivity index (χ3v) is 6.14. The normalized spacial score (nSPS) is 17.2. The molecule has 2 aromatic carbocycles. The summed E-state index contributed by atoms with van der Waals surface area (Å²) in [4.78, 5) is 23.2. The van der Waals surface area contributed by atoms with Crippen LogP contribution in [0.3, 0.4) is 0 Å². The number of esters is 1. The molecule has 0 spiro atoms. The third-order valence-electron chi connectivity index (χ3n) is 4.44. The van der Waals surface area contributed by atoms with E-state index < -0.39 is 27.1 Å². The van der Waals surface area contributed by atoms with Crippen molar-refractivity contribution in [3.05, 3.63) is 53.6 Å². The number of carbonyl (C=O) groups is 2. The minimum absolute atomic E-state index is 0.0467. The van der Waals surface area contributed by atoms with E-state index in [9.17, 15) is 23.1 Å². The van der Waals surface area contributed by atoms with Crippen LogP contribution in [0, 0.1) is 0 Å². The zero-order valence-electron chi connectivity index (χ0n) is 16.2. The number of methoxy groups -OCH3 is 1. The van der Waals surface area contributed by atoms with Gasteiger partial charge in [0, 0.05) is 6.42 Å². The van der Waals surface area contributed by atoms with Crippen LogP contribution in [0.4, 0.5) is 0 Å². The van der Waals surface area contributed by atoms with Gasteiger partial charge in [-0.3, -0.25) is 9.52 Å². The fraction of sp³-hybridized carbons (Fsp3) is 0.300. The molecule has 160 valence electrons. The summed E-state index contributed by atoms with van der Waals surface area (Å²) in [5.74, 6) is -0.794. The number of phenolic OH excluding ortho intramolecular Hbond substituents is 1. The highest BCUT2D eigenvalue weighted by molar-refractivity contribution is 7.90. The largest absolute Gasteiger partial charge is 0.507 e. The topological polar surface area (TPSA) is 128 Å². The van der Waals surface area contributed by atoms with E-state index in [0.29, 0.717) is 17.7 Å². The summed E-state index contributed by atoms with van der Waals surface area (Å²) in [5.41, 5.74) is 0.430. The van der Waals surface area contributed by atoms with Gasteiger partial charge in [0.2, 0.25) is 15.9 Å². The van der Waals surface area contributed by atoms with E-state index in [2.05, 4.69) is 4.74 Å². The summed E-state index contributed by atoms with van der Waals surface area (Å²) in [6.45, 7) is 0.479. The molecule has 0 aromatic heterocycles. The number of carbonyl (C=O) groups excluding carboxylic acids is 2. The Morgan fingerprint density at radius 2 is 1.90 bits per heavy atom. The standard InChI is InChI=1S/C20H21NO8S/c1-27-20(24)19-15(22)7-3-8-16(19)29-10-4-9-28-14-6-2-5-13(11-14)17-12-18(23)21-30(17,25)26/h2-3,5-8,11,17,22H,4,9-10,12H2,1H3,(H,21,23). The van der Waals surface area contributed by atoms with E-state index in [1.54, 1.807) is 36.4 Å². The van der Waals surface area contributed by atoms with Crippen LogP contribution in [0.15, 0.2) is 42.5 Å². The van der Waals surface area contributed by atoms with E-state index in [4.69, 9.17) is 9.47 Å². The van der Waals surface area contributed by atoms with Crippen molar-refractivity contribution in [1.82, 2.24) is 4.72 Å². The first-order chi connectivity index (χ1) is 14.3. The van der Waals surface area contributed by atoms with Crippen LogP contribution >= 0.6 is 0 Å². The lowest BCUT2D eigenvalue weighted by Gasteiger charge is -2.13. The number of hydrogen-bond acceptors (Lipinski definition) is 8. The molecule has 1 unspecified atom stereocenters. The van der Waals surface area contributed by atoms with Crippen LogP contribution in [-0.4, -0.2) is 45.7 Å². The molecule has 1 aliphatic rings. The number of rotatable bonds is 8. The van der Waals surface area contributed by atoms with Crippen molar-refractivity contribution >= 4 is 21.9 Å². The molecule has 30 heavy (non-hydrogen) atoms. The lowest BCUT2D eigenvalue weighted by molar-refractivity contribution is -0.118. The zero-order chi connectivity index (χ0) is 21.7. The van der Waals surface area contributed by atoms with E-state index in [0.717, 1.165) is 0 Å². The van der Waals surface area contributed by atoms with Crippen molar-refractivity contribution in [3.63, 3.8) is 0 Å². The van der Waals surface area contributed by atoms with Gasteiger partial charge in [-0.2, -0.15) is 0 Å². The summed E-state index contributed by atoms with van der Waals surface area (Å²) in [5, 5.41) is 8.91. The van der Waals surface area contributed by atoms with Crippen molar-refractivity contribution in [2.24, 2.45) is 0 Å². The van der Waals surface area contributed by atoms with Gasteiger partial charge < -0.3 is 19.3 Å². The lowest BCUT2D eigenvalue weighted by Crippen LogP contribution is -2.21. The van der Waals surface area contributed by atoms with Crippen LogP contribution in [0.1, 0.15) is 34.0 Å². The second-order valence-electron chi connectivity index (χ2n) is 6.53. The molecule has 1 atom stereocenters. The molecule has 1 saturated heterocycles. The number of amides is 1. The molecule has 2 N–H and O–H groups in total. The number of ether oxygens (including phenoxy) is 3. The molecule has 0 radical (unpaired) electrons. The summed E-state index contributed by atoms with van der Waals surface area (Å²) < 4.78 is 41.8. The van der Waals surface area contributed by atoms with E-state index in [1.165, 1.54) is 13.2 Å². The van der Waals surface area contributed by atoms with Crippen LogP contribution in [-0.2, 0) is 19.6 Å². The van der Waals surface area contributed by atoms with Crippen molar-refractivity contribution in [1.29, 1.82) is 0 Å². The Morgan fingerprint density at radius 1 is 1.17 bits per heavy atom. The lowest BCUT2D eigenvalue weighted by atomic mass is 10.1. The Kier molecular flexibility index (Phi) is 6.46. The monoisotopic (exact) mass is 435 g/mol. The number of sulfonamides is 1. The average Bonchev–Trinajstić information content (AvgIpc) is 2.99. The second-order valence-corrected chi connectivity index (χ2v) is 8.39. The molecule has 1 amide bonds. The Bertz CT molecular complexity index is 1050. The van der Waals surface area contributed by atoms with Crippen molar-refractivity contribution in [2.45, 2.75) is 18.1 Å². The van der Waals surface area contributed by atoms with Crippen molar-refractivity contribution in [3.8, 4) is 17.2 Å². The fourth-order valence-electron chi connectivity index (χ4n) is 3.03. The Balaban J connectivity index is 1.54. The smallest absolute Gasteiger partial charge is 0.345 e. The molecular weight excluding hydrogens is 414 g/mol. The van der Waals surface area contributed by atoms with Crippen molar-refractivity contribution in [2.75, 3.05) is 20.3 Å². The van der Waals surface area contributed by atoms with Gasteiger partial charge in [0.15, 0.2) is 0 Å².